The van der Waals surface area contributed by atoms with Crippen LogP contribution in [0.2, 0.25) is 0 Å². The van der Waals surface area contributed by atoms with Crippen LogP contribution in [-0.2, 0) is 0 Å². The van der Waals surface area contributed by atoms with Gasteiger partial charge in [0.1, 0.15) is 0 Å². The summed E-state index contributed by atoms with van der Waals surface area (Å²) in [5.41, 5.74) is 0.616. The molecule has 1 aliphatic heterocycles. The molecule has 1 aromatic rings. The summed E-state index contributed by atoms with van der Waals surface area (Å²) < 4.78 is 0.815. The Morgan fingerprint density at radius 3 is 2.89 bits per heavy atom. The predicted octanol–water partition coefficient (Wildman–Crippen LogP) is 0.984. The minimum Gasteiger partial charge on any atom is -0.395 e. The molecule has 0 atom stereocenters. The summed E-state index contributed by atoms with van der Waals surface area (Å²) in [6.45, 7) is 4.05. The third-order valence-electron chi connectivity index (χ3n) is 3.24. The zero-order valence-electron chi connectivity index (χ0n) is 10.8. The lowest BCUT2D eigenvalue weighted by Gasteiger charge is -2.21. The Labute approximate surface area is 121 Å². The monoisotopic (exact) mass is 327 g/mol. The molecule has 0 unspecified atom stereocenters. The van der Waals surface area contributed by atoms with Crippen molar-refractivity contribution in [3.05, 3.63) is 28.5 Å². The largest absolute Gasteiger partial charge is 0.395 e. The number of carbonyl (C=O) groups excluding carboxylic acids is 1. The average molecular weight is 328 g/mol. The summed E-state index contributed by atoms with van der Waals surface area (Å²) in [5, 5.41) is 8.96. The highest BCUT2D eigenvalue weighted by Crippen LogP contribution is 2.13. The molecular weight excluding hydrogens is 310 g/mol. The number of β-amino-alcohol motifs (C(OH)–C–C–N with tert-alkyl or cyclic N) is 1. The van der Waals surface area contributed by atoms with E-state index in [4.69, 9.17) is 5.11 Å². The Bertz CT molecular complexity index is 442. The van der Waals surface area contributed by atoms with E-state index < -0.39 is 0 Å². The van der Waals surface area contributed by atoms with Crippen molar-refractivity contribution in [2.45, 2.75) is 6.42 Å². The molecule has 104 valence electrons. The first-order valence-electron chi connectivity index (χ1n) is 6.44. The van der Waals surface area contributed by atoms with Gasteiger partial charge in [0.25, 0.3) is 5.91 Å². The molecule has 0 bridgehead atoms. The molecule has 0 aromatic carbocycles. The lowest BCUT2D eigenvalue weighted by molar-refractivity contribution is 0.0760. The van der Waals surface area contributed by atoms with Crippen LogP contribution in [0.3, 0.4) is 0 Å². The summed E-state index contributed by atoms with van der Waals surface area (Å²) in [5.74, 6) is 0.0275. The number of amides is 1. The molecule has 2 rings (SSSR count). The Hall–Kier alpha value is -0.980. The second-order valence-corrected chi connectivity index (χ2v) is 5.52. The number of halogens is 1. The smallest absolute Gasteiger partial charge is 0.255 e. The molecule has 0 spiro atoms. The lowest BCUT2D eigenvalue weighted by atomic mass is 10.2. The van der Waals surface area contributed by atoms with E-state index in [-0.39, 0.29) is 12.5 Å². The van der Waals surface area contributed by atoms with Crippen LogP contribution in [0.5, 0.6) is 0 Å². The van der Waals surface area contributed by atoms with Crippen molar-refractivity contribution >= 4 is 21.8 Å². The van der Waals surface area contributed by atoms with Crippen LogP contribution in [0.4, 0.5) is 0 Å². The fourth-order valence-corrected chi connectivity index (χ4v) is 2.62. The molecule has 2 heterocycles. The van der Waals surface area contributed by atoms with Gasteiger partial charge in [-0.3, -0.25) is 14.7 Å². The minimum atomic E-state index is 0.0275. The van der Waals surface area contributed by atoms with Gasteiger partial charge in [0.2, 0.25) is 0 Å². The topological polar surface area (TPSA) is 56.7 Å². The molecule has 1 amide bonds. The highest BCUT2D eigenvalue weighted by Gasteiger charge is 2.20. The van der Waals surface area contributed by atoms with Gasteiger partial charge in [0.15, 0.2) is 0 Å². The summed E-state index contributed by atoms with van der Waals surface area (Å²) in [7, 11) is 0. The highest BCUT2D eigenvalue weighted by atomic mass is 79.9. The van der Waals surface area contributed by atoms with Gasteiger partial charge in [0.05, 0.1) is 12.2 Å². The molecule has 1 fully saturated rings. The van der Waals surface area contributed by atoms with Crippen molar-refractivity contribution in [1.82, 2.24) is 14.8 Å². The molecule has 1 aromatic heterocycles. The number of pyridine rings is 1. The number of rotatable bonds is 3. The van der Waals surface area contributed by atoms with Crippen molar-refractivity contribution in [2.24, 2.45) is 0 Å². The van der Waals surface area contributed by atoms with Gasteiger partial charge in [-0.05, 0) is 35.0 Å². The summed E-state index contributed by atoms with van der Waals surface area (Å²) in [6, 6.07) is 1.80. The standard InChI is InChI=1S/C13H18BrN3O2/c14-12-8-11(9-15-10-12)13(19)17-3-1-2-16(4-5-17)6-7-18/h8-10,18H,1-7H2. The van der Waals surface area contributed by atoms with Gasteiger partial charge in [-0.1, -0.05) is 0 Å². The zero-order chi connectivity index (χ0) is 13.7. The number of nitrogens with zero attached hydrogens (tertiary/aromatic N) is 3. The van der Waals surface area contributed by atoms with Gasteiger partial charge in [-0.2, -0.15) is 0 Å². The van der Waals surface area contributed by atoms with Crippen molar-refractivity contribution in [2.75, 3.05) is 39.3 Å². The van der Waals surface area contributed by atoms with Crippen LogP contribution in [0.25, 0.3) is 0 Å². The maximum absolute atomic E-state index is 12.4. The molecule has 19 heavy (non-hydrogen) atoms. The number of hydrogen-bond acceptors (Lipinski definition) is 4. The summed E-state index contributed by atoms with van der Waals surface area (Å²) in [4.78, 5) is 20.4. The number of aliphatic hydroxyl groups excluding tert-OH is 1. The third-order valence-corrected chi connectivity index (χ3v) is 3.68. The molecule has 5 nitrogen and oxygen atoms in total. The Morgan fingerprint density at radius 2 is 2.16 bits per heavy atom. The first kappa shape index (κ1) is 14.4. The number of carbonyl (C=O) groups is 1. The van der Waals surface area contributed by atoms with E-state index in [1.54, 1.807) is 18.5 Å². The predicted molar refractivity (Wildman–Crippen MR) is 76.0 cm³/mol. The molecule has 1 aliphatic rings. The molecule has 1 N–H and O–H groups in total. The molecule has 6 heteroatoms. The lowest BCUT2D eigenvalue weighted by Crippen LogP contribution is -2.36. The number of hydrogen-bond donors (Lipinski definition) is 1. The summed E-state index contributed by atoms with van der Waals surface area (Å²) >= 11 is 3.33. The Kier molecular flexibility index (Phi) is 5.30. The second-order valence-electron chi connectivity index (χ2n) is 4.60. The van der Waals surface area contributed by atoms with Crippen molar-refractivity contribution in [3.63, 3.8) is 0 Å². The van der Waals surface area contributed by atoms with Gasteiger partial charge in [-0.25, -0.2) is 0 Å². The number of aliphatic hydroxyl groups is 1. The Balaban J connectivity index is 2.00. The van der Waals surface area contributed by atoms with Crippen molar-refractivity contribution < 1.29 is 9.90 Å². The van der Waals surface area contributed by atoms with Crippen LogP contribution >= 0.6 is 15.9 Å². The molecule has 0 saturated carbocycles. The van der Waals surface area contributed by atoms with Crippen LogP contribution in [0, 0.1) is 0 Å². The first-order chi connectivity index (χ1) is 9.20. The van der Waals surface area contributed by atoms with Crippen LogP contribution in [0.1, 0.15) is 16.8 Å². The highest BCUT2D eigenvalue weighted by molar-refractivity contribution is 9.10. The quantitative estimate of drug-likeness (QED) is 0.899. The molecule has 0 aliphatic carbocycles. The van der Waals surface area contributed by atoms with Crippen LogP contribution in [0.15, 0.2) is 22.9 Å². The van der Waals surface area contributed by atoms with E-state index in [2.05, 4.69) is 25.8 Å². The summed E-state index contributed by atoms with van der Waals surface area (Å²) in [6.07, 6.45) is 4.21. The number of aromatic nitrogens is 1. The molecular formula is C13H18BrN3O2. The maximum Gasteiger partial charge on any atom is 0.255 e. The SMILES string of the molecule is O=C(c1cncc(Br)c1)N1CCCN(CCO)CC1. The van der Waals surface area contributed by atoms with Gasteiger partial charge in [-0.15, -0.1) is 0 Å². The van der Waals surface area contributed by atoms with E-state index in [1.165, 1.54) is 0 Å². The normalized spacial score (nSPS) is 17.3. The van der Waals surface area contributed by atoms with E-state index in [0.29, 0.717) is 18.7 Å². The van der Waals surface area contributed by atoms with Crippen LogP contribution < -0.4 is 0 Å². The fraction of sp³-hybridized carbons (Fsp3) is 0.538. The zero-order valence-corrected chi connectivity index (χ0v) is 12.3. The van der Waals surface area contributed by atoms with Gasteiger partial charge >= 0.3 is 0 Å². The Morgan fingerprint density at radius 1 is 1.32 bits per heavy atom. The van der Waals surface area contributed by atoms with Crippen molar-refractivity contribution in [1.29, 1.82) is 0 Å². The second kappa shape index (κ2) is 6.98. The van der Waals surface area contributed by atoms with E-state index in [9.17, 15) is 4.79 Å². The van der Waals surface area contributed by atoms with Crippen molar-refractivity contribution in [3.8, 4) is 0 Å². The maximum atomic E-state index is 12.4. The fourth-order valence-electron chi connectivity index (χ4n) is 2.25. The minimum absolute atomic E-state index is 0.0275. The van der Waals surface area contributed by atoms with Gasteiger partial charge < -0.3 is 10.0 Å². The third kappa shape index (κ3) is 3.99. The van der Waals surface area contributed by atoms with Crippen LogP contribution in [-0.4, -0.2) is 65.1 Å². The first-order valence-corrected chi connectivity index (χ1v) is 7.23. The molecule has 0 radical (unpaired) electrons. The van der Waals surface area contributed by atoms with E-state index in [0.717, 1.165) is 30.5 Å². The average Bonchev–Trinajstić information content (AvgIpc) is 2.64. The molecule has 1 saturated heterocycles. The van der Waals surface area contributed by atoms with E-state index in [1.807, 2.05) is 4.90 Å². The van der Waals surface area contributed by atoms with E-state index >= 15 is 0 Å². The van der Waals surface area contributed by atoms with Gasteiger partial charge in [0, 0.05) is 43.0 Å².